The average molecular weight is 256 g/mol. The lowest BCUT2D eigenvalue weighted by Gasteiger charge is -2.38. The number of hydrogen-bond donors (Lipinski definition) is 0. The van der Waals surface area contributed by atoms with E-state index in [9.17, 15) is 0 Å². The van der Waals surface area contributed by atoms with Gasteiger partial charge in [-0.2, -0.15) is 0 Å². The van der Waals surface area contributed by atoms with Crippen LogP contribution in [0.5, 0.6) is 6.01 Å². The van der Waals surface area contributed by atoms with Gasteiger partial charge in [-0.05, 0) is 12.1 Å². The summed E-state index contributed by atoms with van der Waals surface area (Å²) in [4.78, 5) is 15.0. The molecule has 2 aromatic rings. The number of nitrogens with zero attached hydrogens (tertiary/aromatic N) is 4. The standard InChI is InChI=1S/C14H16N4O/c1-19-14-16-6-11(7-17-14)8-18-9-12(10-18)13-4-2-3-5-15-13/h2-7,12H,8-10H2,1H3. The number of hydrogen-bond acceptors (Lipinski definition) is 5. The normalized spacial score (nSPS) is 16.1. The summed E-state index contributed by atoms with van der Waals surface area (Å²) in [6.45, 7) is 2.97. The molecule has 0 N–H and O–H groups in total. The van der Waals surface area contributed by atoms with Crippen LogP contribution in [0.1, 0.15) is 17.2 Å². The van der Waals surface area contributed by atoms with E-state index in [0.29, 0.717) is 11.9 Å². The van der Waals surface area contributed by atoms with Gasteiger partial charge >= 0.3 is 6.01 Å². The second-order valence-corrected chi connectivity index (χ2v) is 4.72. The molecule has 1 aliphatic rings. The Labute approximate surface area is 112 Å². The lowest BCUT2D eigenvalue weighted by atomic mass is 9.95. The van der Waals surface area contributed by atoms with Crippen LogP contribution in [0.3, 0.4) is 0 Å². The topological polar surface area (TPSA) is 51.1 Å². The van der Waals surface area contributed by atoms with E-state index in [4.69, 9.17) is 4.74 Å². The van der Waals surface area contributed by atoms with Gasteiger partial charge in [0.15, 0.2) is 0 Å². The van der Waals surface area contributed by atoms with Gasteiger partial charge in [0.2, 0.25) is 0 Å². The van der Waals surface area contributed by atoms with Crippen LogP contribution < -0.4 is 4.74 Å². The molecule has 5 heteroatoms. The van der Waals surface area contributed by atoms with E-state index in [-0.39, 0.29) is 0 Å². The molecule has 1 fully saturated rings. The van der Waals surface area contributed by atoms with Crippen molar-refractivity contribution >= 4 is 0 Å². The van der Waals surface area contributed by atoms with Gasteiger partial charge in [0.25, 0.3) is 0 Å². The Morgan fingerprint density at radius 2 is 2.00 bits per heavy atom. The first kappa shape index (κ1) is 12.0. The van der Waals surface area contributed by atoms with Gasteiger partial charge in [0.05, 0.1) is 7.11 Å². The van der Waals surface area contributed by atoms with Crippen LogP contribution in [0.4, 0.5) is 0 Å². The van der Waals surface area contributed by atoms with Crippen LogP contribution in [0.2, 0.25) is 0 Å². The van der Waals surface area contributed by atoms with Crippen molar-refractivity contribution < 1.29 is 4.74 Å². The summed E-state index contributed by atoms with van der Waals surface area (Å²) in [6.07, 6.45) is 5.50. The zero-order valence-electron chi connectivity index (χ0n) is 10.9. The molecule has 3 heterocycles. The molecule has 1 saturated heterocycles. The first-order chi connectivity index (χ1) is 9.35. The van der Waals surface area contributed by atoms with Crippen LogP contribution in [-0.2, 0) is 6.54 Å². The molecule has 0 unspecified atom stereocenters. The Balaban J connectivity index is 1.53. The molecule has 0 aromatic carbocycles. The average Bonchev–Trinajstić information content (AvgIpc) is 2.44. The van der Waals surface area contributed by atoms with Crippen molar-refractivity contribution in [3.63, 3.8) is 0 Å². The van der Waals surface area contributed by atoms with Crippen LogP contribution in [0.25, 0.3) is 0 Å². The number of ether oxygens (including phenoxy) is 1. The Bertz CT molecular complexity index is 523. The van der Waals surface area contributed by atoms with Crippen LogP contribution in [0.15, 0.2) is 36.8 Å². The monoisotopic (exact) mass is 256 g/mol. The van der Waals surface area contributed by atoms with Crippen molar-refractivity contribution in [1.82, 2.24) is 19.9 Å². The van der Waals surface area contributed by atoms with Gasteiger partial charge in [-0.25, -0.2) is 9.97 Å². The molecular formula is C14H16N4O. The van der Waals surface area contributed by atoms with E-state index in [1.54, 1.807) is 7.11 Å². The molecule has 0 atom stereocenters. The van der Waals surface area contributed by atoms with Crippen LogP contribution >= 0.6 is 0 Å². The number of rotatable bonds is 4. The number of likely N-dealkylation sites (tertiary alicyclic amines) is 1. The highest BCUT2D eigenvalue weighted by atomic mass is 16.5. The third-order valence-electron chi connectivity index (χ3n) is 3.33. The molecule has 5 nitrogen and oxygen atoms in total. The predicted octanol–water partition coefficient (Wildman–Crippen LogP) is 1.48. The Hall–Kier alpha value is -2.01. The fourth-order valence-corrected chi connectivity index (χ4v) is 2.29. The van der Waals surface area contributed by atoms with E-state index < -0.39 is 0 Å². The molecule has 0 amide bonds. The largest absolute Gasteiger partial charge is 0.467 e. The zero-order valence-corrected chi connectivity index (χ0v) is 10.9. The van der Waals surface area contributed by atoms with E-state index in [2.05, 4.69) is 25.9 Å². The van der Waals surface area contributed by atoms with Gasteiger partial charge in [0, 0.05) is 55.4 Å². The van der Waals surface area contributed by atoms with Crippen molar-refractivity contribution in [2.24, 2.45) is 0 Å². The third kappa shape index (κ3) is 2.71. The second-order valence-electron chi connectivity index (χ2n) is 4.72. The third-order valence-corrected chi connectivity index (χ3v) is 3.33. The maximum absolute atomic E-state index is 4.95. The number of aromatic nitrogens is 3. The van der Waals surface area contributed by atoms with Gasteiger partial charge in [-0.1, -0.05) is 6.07 Å². The Morgan fingerprint density at radius 3 is 2.63 bits per heavy atom. The Kier molecular flexibility index (Phi) is 3.37. The number of pyridine rings is 1. The van der Waals surface area contributed by atoms with E-state index in [0.717, 1.165) is 25.2 Å². The van der Waals surface area contributed by atoms with Crippen LogP contribution in [0, 0.1) is 0 Å². The summed E-state index contributed by atoms with van der Waals surface area (Å²) in [5, 5.41) is 0. The molecule has 1 aliphatic heterocycles. The fraction of sp³-hybridized carbons (Fsp3) is 0.357. The summed E-state index contributed by atoms with van der Waals surface area (Å²) in [5.74, 6) is 0.556. The second kappa shape index (κ2) is 5.32. The maximum atomic E-state index is 4.95. The zero-order chi connectivity index (χ0) is 13.1. The number of methoxy groups -OCH3 is 1. The summed E-state index contributed by atoms with van der Waals surface area (Å²) < 4.78 is 4.95. The minimum absolute atomic E-state index is 0.415. The van der Waals surface area contributed by atoms with Gasteiger partial charge < -0.3 is 4.74 Å². The molecule has 0 aliphatic carbocycles. The molecular weight excluding hydrogens is 240 g/mol. The highest BCUT2D eigenvalue weighted by Crippen LogP contribution is 2.26. The molecule has 0 saturated carbocycles. The minimum Gasteiger partial charge on any atom is -0.467 e. The van der Waals surface area contributed by atoms with E-state index in [1.165, 1.54) is 5.69 Å². The molecule has 0 spiro atoms. The highest BCUT2D eigenvalue weighted by molar-refractivity contribution is 5.15. The minimum atomic E-state index is 0.415. The molecule has 19 heavy (non-hydrogen) atoms. The van der Waals surface area contributed by atoms with E-state index >= 15 is 0 Å². The smallest absolute Gasteiger partial charge is 0.316 e. The molecule has 0 bridgehead atoms. The van der Waals surface area contributed by atoms with Crippen LogP contribution in [-0.4, -0.2) is 40.1 Å². The van der Waals surface area contributed by atoms with Gasteiger partial charge in [-0.3, -0.25) is 9.88 Å². The maximum Gasteiger partial charge on any atom is 0.316 e. The SMILES string of the molecule is COc1ncc(CN2CC(c3ccccn3)C2)cn1. The Morgan fingerprint density at radius 1 is 1.21 bits per heavy atom. The first-order valence-corrected chi connectivity index (χ1v) is 6.33. The summed E-state index contributed by atoms with van der Waals surface area (Å²) in [5.41, 5.74) is 2.30. The van der Waals surface area contributed by atoms with Crippen molar-refractivity contribution in [2.45, 2.75) is 12.5 Å². The molecule has 98 valence electrons. The molecule has 0 radical (unpaired) electrons. The lowest BCUT2D eigenvalue weighted by molar-refractivity contribution is 0.137. The van der Waals surface area contributed by atoms with Gasteiger partial charge in [0.1, 0.15) is 0 Å². The van der Waals surface area contributed by atoms with Crippen molar-refractivity contribution in [3.8, 4) is 6.01 Å². The van der Waals surface area contributed by atoms with Crippen molar-refractivity contribution in [2.75, 3.05) is 20.2 Å². The van der Waals surface area contributed by atoms with Crippen molar-refractivity contribution in [1.29, 1.82) is 0 Å². The summed E-state index contributed by atoms with van der Waals surface area (Å²) in [7, 11) is 1.57. The quantitative estimate of drug-likeness (QED) is 0.829. The summed E-state index contributed by atoms with van der Waals surface area (Å²) >= 11 is 0. The van der Waals surface area contributed by atoms with Crippen molar-refractivity contribution in [3.05, 3.63) is 48.0 Å². The van der Waals surface area contributed by atoms with E-state index in [1.807, 2.05) is 30.7 Å². The fourth-order valence-electron chi connectivity index (χ4n) is 2.29. The lowest BCUT2D eigenvalue weighted by Crippen LogP contribution is -2.44. The first-order valence-electron chi connectivity index (χ1n) is 6.33. The summed E-state index contributed by atoms with van der Waals surface area (Å²) in [6, 6.07) is 6.51. The predicted molar refractivity (Wildman–Crippen MR) is 70.8 cm³/mol. The van der Waals surface area contributed by atoms with Gasteiger partial charge in [-0.15, -0.1) is 0 Å². The highest BCUT2D eigenvalue weighted by Gasteiger charge is 2.28. The molecule has 3 rings (SSSR count). The molecule has 2 aromatic heterocycles.